The number of rotatable bonds is 2. The van der Waals surface area contributed by atoms with E-state index in [1.165, 1.54) is 0 Å². The molecule has 1 aromatic rings. The van der Waals surface area contributed by atoms with Crippen LogP contribution in [-0.4, -0.2) is 38.2 Å². The second-order valence-electron chi connectivity index (χ2n) is 2.63. The molecule has 0 aliphatic heterocycles. The van der Waals surface area contributed by atoms with Gasteiger partial charge in [-0.25, -0.2) is 0 Å². The Kier molecular flexibility index (Phi) is 3.25. The van der Waals surface area contributed by atoms with Crippen LogP contribution in [0.5, 0.6) is 0 Å². The molecule has 1 aromatic carbocycles. The third-order valence-electron chi connectivity index (χ3n) is 1.71. The fraction of sp³-hybridized carbons (Fsp3) is 0. The molecule has 0 aliphatic rings. The van der Waals surface area contributed by atoms with E-state index in [0.717, 1.165) is 0 Å². The number of carboxylic acid groups (broad SMARTS) is 2. The van der Waals surface area contributed by atoms with E-state index in [1.54, 1.807) is 16.0 Å². The average Bonchev–Trinajstić information content (AvgIpc) is 2.18. The molecule has 0 bridgehead atoms. The van der Waals surface area contributed by atoms with Crippen LogP contribution in [0, 0.1) is 17.5 Å². The quantitative estimate of drug-likeness (QED) is 0.608. The summed E-state index contributed by atoms with van der Waals surface area (Å²) in [7, 11) is 0. The molecule has 1 radical (unpaired) electrons. The van der Waals surface area contributed by atoms with E-state index >= 15 is 0 Å². The Balaban J connectivity index is 3.83. The standard InChI is InChI=1S/C8H2F3O4Se/c9-3-1(7(12)13)2(8(14)15)4(10)6(16)5(3)11/h(H,12,13)(H,14,15). The second kappa shape index (κ2) is 4.15. The molecule has 0 aromatic heterocycles. The minimum atomic E-state index is -2.06. The van der Waals surface area contributed by atoms with Gasteiger partial charge in [-0.15, -0.1) is 0 Å². The van der Waals surface area contributed by atoms with Crippen LogP contribution in [0.2, 0.25) is 0 Å². The molecule has 0 spiro atoms. The number of hydrogen-bond donors (Lipinski definition) is 2. The van der Waals surface area contributed by atoms with Crippen LogP contribution in [0.1, 0.15) is 20.7 Å². The average molecular weight is 298 g/mol. The fourth-order valence-electron chi connectivity index (χ4n) is 1.04. The van der Waals surface area contributed by atoms with Crippen molar-refractivity contribution in [2.24, 2.45) is 0 Å². The van der Waals surface area contributed by atoms with Crippen molar-refractivity contribution >= 4 is 32.4 Å². The zero-order valence-corrected chi connectivity index (χ0v) is 8.97. The maximum absolute atomic E-state index is 13.2. The summed E-state index contributed by atoms with van der Waals surface area (Å²) in [4.78, 5) is 21.1. The predicted molar refractivity (Wildman–Crippen MR) is 45.6 cm³/mol. The van der Waals surface area contributed by atoms with Gasteiger partial charge in [-0.3, -0.25) is 0 Å². The molecule has 0 unspecified atom stereocenters. The Morgan fingerprint density at radius 3 is 1.62 bits per heavy atom. The first-order chi connectivity index (χ1) is 7.29. The molecule has 1 rings (SSSR count). The van der Waals surface area contributed by atoms with E-state index in [0.29, 0.717) is 0 Å². The number of carboxylic acids is 2. The van der Waals surface area contributed by atoms with Gasteiger partial charge >= 0.3 is 94.0 Å². The van der Waals surface area contributed by atoms with Gasteiger partial charge in [0.15, 0.2) is 0 Å². The van der Waals surface area contributed by atoms with E-state index in [4.69, 9.17) is 10.2 Å². The van der Waals surface area contributed by atoms with Gasteiger partial charge in [0.25, 0.3) is 0 Å². The van der Waals surface area contributed by atoms with Crippen LogP contribution in [-0.2, 0) is 0 Å². The van der Waals surface area contributed by atoms with Gasteiger partial charge in [0.2, 0.25) is 0 Å². The molecule has 0 fully saturated rings. The van der Waals surface area contributed by atoms with Crippen LogP contribution in [0.3, 0.4) is 0 Å². The normalized spacial score (nSPS) is 10.2. The first-order valence-electron chi connectivity index (χ1n) is 3.63. The third-order valence-corrected chi connectivity index (χ3v) is 2.46. The van der Waals surface area contributed by atoms with Gasteiger partial charge in [-0.1, -0.05) is 0 Å². The van der Waals surface area contributed by atoms with Gasteiger partial charge in [0, 0.05) is 0 Å². The van der Waals surface area contributed by atoms with Crippen LogP contribution in [0.4, 0.5) is 13.2 Å². The summed E-state index contributed by atoms with van der Waals surface area (Å²) in [5, 5.41) is 17.0. The van der Waals surface area contributed by atoms with Crippen LogP contribution in [0.15, 0.2) is 0 Å². The summed E-state index contributed by atoms with van der Waals surface area (Å²) < 4.78 is 38.3. The van der Waals surface area contributed by atoms with Crippen molar-refractivity contribution in [2.75, 3.05) is 0 Å². The summed E-state index contributed by atoms with van der Waals surface area (Å²) in [6, 6.07) is 0. The van der Waals surface area contributed by atoms with Crippen LogP contribution in [0.25, 0.3) is 0 Å². The van der Waals surface area contributed by atoms with Crippen molar-refractivity contribution < 1.29 is 33.0 Å². The van der Waals surface area contributed by atoms with Crippen molar-refractivity contribution in [3.63, 3.8) is 0 Å². The molecule has 4 nitrogen and oxygen atoms in total. The van der Waals surface area contributed by atoms with Crippen LogP contribution >= 0.6 is 0 Å². The molecule has 0 aliphatic carbocycles. The topological polar surface area (TPSA) is 74.6 Å². The van der Waals surface area contributed by atoms with E-state index < -0.39 is 45.0 Å². The first-order valence-corrected chi connectivity index (χ1v) is 4.48. The van der Waals surface area contributed by atoms with Gasteiger partial charge < -0.3 is 0 Å². The summed E-state index contributed by atoms with van der Waals surface area (Å²) >= 11 is 1.79. The molecule has 16 heavy (non-hydrogen) atoms. The molecular formula is C8H2F3O4Se. The number of halogens is 3. The molecule has 0 atom stereocenters. The summed E-state index contributed by atoms with van der Waals surface area (Å²) in [6.07, 6.45) is 0. The Hall–Kier alpha value is -1.53. The summed E-state index contributed by atoms with van der Waals surface area (Å²) in [5.41, 5.74) is -2.96. The monoisotopic (exact) mass is 299 g/mol. The molecule has 85 valence electrons. The molecule has 2 N–H and O–H groups in total. The molecule has 0 saturated heterocycles. The van der Waals surface area contributed by atoms with E-state index in [9.17, 15) is 22.8 Å². The Bertz CT molecular complexity index is 456. The summed E-state index contributed by atoms with van der Waals surface area (Å²) in [6.45, 7) is 0. The molecule has 0 amide bonds. The zero-order chi connectivity index (χ0) is 12.6. The molecule has 0 heterocycles. The van der Waals surface area contributed by atoms with Gasteiger partial charge in [-0.05, 0) is 0 Å². The molecule has 8 heteroatoms. The summed E-state index contributed by atoms with van der Waals surface area (Å²) in [5.74, 6) is -9.39. The van der Waals surface area contributed by atoms with Gasteiger partial charge in [0.1, 0.15) is 0 Å². The molecule has 0 saturated carbocycles. The Morgan fingerprint density at radius 1 is 0.875 bits per heavy atom. The van der Waals surface area contributed by atoms with Crippen LogP contribution < -0.4 is 4.46 Å². The fourth-order valence-corrected chi connectivity index (χ4v) is 1.44. The van der Waals surface area contributed by atoms with E-state index in [1.807, 2.05) is 0 Å². The number of benzene rings is 1. The van der Waals surface area contributed by atoms with Crippen molar-refractivity contribution in [3.05, 3.63) is 28.6 Å². The third kappa shape index (κ3) is 1.77. The van der Waals surface area contributed by atoms with Crippen molar-refractivity contribution in [2.45, 2.75) is 0 Å². The predicted octanol–water partition coefficient (Wildman–Crippen LogP) is 0.294. The van der Waals surface area contributed by atoms with Gasteiger partial charge in [0.05, 0.1) is 0 Å². The van der Waals surface area contributed by atoms with E-state index in [2.05, 4.69) is 0 Å². The zero-order valence-electron chi connectivity index (χ0n) is 7.25. The van der Waals surface area contributed by atoms with Crippen molar-refractivity contribution in [3.8, 4) is 0 Å². The number of hydrogen-bond acceptors (Lipinski definition) is 2. The van der Waals surface area contributed by atoms with E-state index in [-0.39, 0.29) is 0 Å². The number of carbonyl (C=O) groups is 2. The maximum atomic E-state index is 13.2. The first kappa shape index (κ1) is 12.5. The Labute approximate surface area is 94.5 Å². The molecular weight excluding hydrogens is 296 g/mol. The number of aromatic carboxylic acids is 2. The minimum absolute atomic E-state index is 1.00. The van der Waals surface area contributed by atoms with Crippen molar-refractivity contribution in [1.29, 1.82) is 0 Å². The Morgan fingerprint density at radius 2 is 1.25 bits per heavy atom. The van der Waals surface area contributed by atoms with Gasteiger partial charge in [-0.2, -0.15) is 0 Å². The SMILES string of the molecule is O=C(O)c1c(F)c(F)c([Se])c(F)c1C(=O)O. The van der Waals surface area contributed by atoms with Crippen molar-refractivity contribution in [1.82, 2.24) is 0 Å². The second-order valence-corrected chi connectivity index (χ2v) is 3.49.